The summed E-state index contributed by atoms with van der Waals surface area (Å²) in [4.78, 5) is 15.2. The van der Waals surface area contributed by atoms with E-state index in [2.05, 4.69) is 20.4 Å². The standard InChI is InChI=1S/C19H30ClN3O3.HI/c1-21-19(22-12-7-5-4-6-8-18(24)26-3)23-13-11-15-9-10-16(25-2)14-17(15)20;/h9-10,14H,4-8,11-13H2,1-3H3,(H2,21,22,23);1H. The lowest BCUT2D eigenvalue weighted by molar-refractivity contribution is -0.140. The first kappa shape index (κ1) is 25.8. The summed E-state index contributed by atoms with van der Waals surface area (Å²) in [5, 5.41) is 7.29. The van der Waals surface area contributed by atoms with E-state index in [0.29, 0.717) is 11.4 Å². The number of rotatable bonds is 11. The molecule has 1 rings (SSSR count). The molecule has 0 heterocycles. The van der Waals surface area contributed by atoms with E-state index >= 15 is 0 Å². The lowest BCUT2D eigenvalue weighted by atomic mass is 10.1. The van der Waals surface area contributed by atoms with Gasteiger partial charge in [-0.3, -0.25) is 9.79 Å². The highest BCUT2D eigenvalue weighted by Gasteiger charge is 2.04. The third-order valence-corrected chi connectivity index (χ3v) is 4.35. The van der Waals surface area contributed by atoms with Gasteiger partial charge in [-0.1, -0.05) is 30.5 Å². The van der Waals surface area contributed by atoms with Gasteiger partial charge in [0, 0.05) is 31.6 Å². The third-order valence-electron chi connectivity index (χ3n) is 4.00. The Balaban J connectivity index is 0.00000676. The van der Waals surface area contributed by atoms with Crippen LogP contribution in [0.1, 0.15) is 37.7 Å². The van der Waals surface area contributed by atoms with E-state index in [1.807, 2.05) is 18.2 Å². The molecule has 0 fully saturated rings. The summed E-state index contributed by atoms with van der Waals surface area (Å²) in [6.07, 6.45) is 5.31. The molecule has 1 aromatic rings. The minimum atomic E-state index is -0.135. The summed E-state index contributed by atoms with van der Waals surface area (Å²) in [5.74, 6) is 1.41. The zero-order valence-electron chi connectivity index (χ0n) is 16.3. The largest absolute Gasteiger partial charge is 0.497 e. The summed E-state index contributed by atoms with van der Waals surface area (Å²) in [7, 11) is 4.81. The van der Waals surface area contributed by atoms with Gasteiger partial charge in [-0.25, -0.2) is 0 Å². The van der Waals surface area contributed by atoms with Gasteiger partial charge in [-0.05, 0) is 37.0 Å². The second kappa shape index (κ2) is 15.8. The number of methoxy groups -OCH3 is 2. The Bertz CT molecular complexity index is 585. The number of benzene rings is 1. The molecule has 0 amide bonds. The SMILES string of the molecule is CN=C(NCCCCCCC(=O)OC)NCCc1ccc(OC)cc1Cl.I. The number of hydrogen-bond donors (Lipinski definition) is 2. The van der Waals surface area contributed by atoms with Crippen LogP contribution in [0.3, 0.4) is 0 Å². The quantitative estimate of drug-likeness (QED) is 0.155. The van der Waals surface area contributed by atoms with Crippen molar-refractivity contribution >= 4 is 47.5 Å². The van der Waals surface area contributed by atoms with Gasteiger partial charge >= 0.3 is 5.97 Å². The molecular formula is C19H31ClIN3O3. The minimum absolute atomic E-state index is 0. The molecule has 1 aromatic carbocycles. The fourth-order valence-corrected chi connectivity index (χ4v) is 2.72. The molecule has 0 aliphatic rings. The topological polar surface area (TPSA) is 72.0 Å². The van der Waals surface area contributed by atoms with Crippen molar-refractivity contribution in [2.45, 2.75) is 38.5 Å². The highest BCUT2D eigenvalue weighted by molar-refractivity contribution is 14.0. The Kier molecular flexibility index (Phi) is 15.1. The number of esters is 1. The molecule has 154 valence electrons. The maximum Gasteiger partial charge on any atom is 0.305 e. The van der Waals surface area contributed by atoms with E-state index in [0.717, 1.165) is 62.5 Å². The van der Waals surface area contributed by atoms with Crippen LogP contribution in [0.2, 0.25) is 5.02 Å². The van der Waals surface area contributed by atoms with Gasteiger partial charge in [0.2, 0.25) is 0 Å². The van der Waals surface area contributed by atoms with E-state index in [1.54, 1.807) is 14.2 Å². The molecule has 0 aliphatic carbocycles. The number of halogens is 2. The minimum Gasteiger partial charge on any atom is -0.497 e. The molecule has 2 N–H and O–H groups in total. The second-order valence-electron chi connectivity index (χ2n) is 5.87. The van der Waals surface area contributed by atoms with Crippen molar-refractivity contribution in [3.05, 3.63) is 28.8 Å². The number of nitrogens with zero attached hydrogens (tertiary/aromatic N) is 1. The van der Waals surface area contributed by atoms with Gasteiger partial charge in [0.05, 0.1) is 14.2 Å². The van der Waals surface area contributed by atoms with Gasteiger partial charge in [0.15, 0.2) is 5.96 Å². The number of carbonyl (C=O) groups is 1. The second-order valence-corrected chi connectivity index (χ2v) is 6.28. The van der Waals surface area contributed by atoms with Gasteiger partial charge in [-0.2, -0.15) is 0 Å². The summed E-state index contributed by atoms with van der Waals surface area (Å²) in [5.41, 5.74) is 1.07. The molecule has 0 atom stereocenters. The molecule has 8 heteroatoms. The van der Waals surface area contributed by atoms with Crippen LogP contribution in [0.25, 0.3) is 0 Å². The van der Waals surface area contributed by atoms with Crippen LogP contribution in [0.15, 0.2) is 23.2 Å². The van der Waals surface area contributed by atoms with E-state index in [1.165, 1.54) is 7.11 Å². The van der Waals surface area contributed by atoms with Crippen molar-refractivity contribution in [3.63, 3.8) is 0 Å². The molecule has 0 spiro atoms. The molecule has 0 bridgehead atoms. The predicted molar refractivity (Wildman–Crippen MR) is 122 cm³/mol. The van der Waals surface area contributed by atoms with Crippen LogP contribution in [0.4, 0.5) is 0 Å². The van der Waals surface area contributed by atoms with Crippen molar-refractivity contribution in [1.82, 2.24) is 10.6 Å². The monoisotopic (exact) mass is 511 g/mol. The van der Waals surface area contributed by atoms with E-state index < -0.39 is 0 Å². The number of carbonyl (C=O) groups excluding carboxylic acids is 1. The van der Waals surface area contributed by atoms with Crippen molar-refractivity contribution in [3.8, 4) is 5.75 Å². The van der Waals surface area contributed by atoms with E-state index in [9.17, 15) is 4.79 Å². The lowest BCUT2D eigenvalue weighted by Gasteiger charge is -2.12. The zero-order valence-corrected chi connectivity index (χ0v) is 19.4. The van der Waals surface area contributed by atoms with Gasteiger partial charge < -0.3 is 20.1 Å². The fourth-order valence-electron chi connectivity index (χ4n) is 2.45. The predicted octanol–water partition coefficient (Wildman–Crippen LogP) is 3.80. The van der Waals surface area contributed by atoms with Crippen LogP contribution in [0.5, 0.6) is 5.75 Å². The zero-order chi connectivity index (χ0) is 19.2. The Morgan fingerprint density at radius 3 is 2.44 bits per heavy atom. The first-order valence-corrected chi connectivity index (χ1v) is 9.32. The Morgan fingerprint density at radius 1 is 1.11 bits per heavy atom. The normalized spacial score (nSPS) is 10.7. The van der Waals surface area contributed by atoms with Crippen LogP contribution in [-0.2, 0) is 16.0 Å². The summed E-state index contributed by atoms with van der Waals surface area (Å²) in [6.45, 7) is 1.59. The molecule has 0 aromatic heterocycles. The summed E-state index contributed by atoms with van der Waals surface area (Å²) >= 11 is 6.25. The van der Waals surface area contributed by atoms with Gasteiger partial charge in [0.1, 0.15) is 5.75 Å². The molecule has 0 unspecified atom stereocenters. The van der Waals surface area contributed by atoms with Crippen molar-refractivity contribution < 1.29 is 14.3 Å². The molecule has 6 nitrogen and oxygen atoms in total. The number of ether oxygens (including phenoxy) is 2. The van der Waals surface area contributed by atoms with Gasteiger partial charge in [-0.15, -0.1) is 24.0 Å². The van der Waals surface area contributed by atoms with E-state index in [4.69, 9.17) is 16.3 Å². The first-order chi connectivity index (χ1) is 12.6. The number of hydrogen-bond acceptors (Lipinski definition) is 4. The average Bonchev–Trinajstić information content (AvgIpc) is 2.66. The molecule has 0 aliphatic heterocycles. The average molecular weight is 512 g/mol. The maximum atomic E-state index is 11.0. The van der Waals surface area contributed by atoms with Crippen LogP contribution < -0.4 is 15.4 Å². The molecule has 0 radical (unpaired) electrons. The Morgan fingerprint density at radius 2 is 1.81 bits per heavy atom. The molecular weight excluding hydrogens is 481 g/mol. The summed E-state index contributed by atoms with van der Waals surface area (Å²) < 4.78 is 9.78. The van der Waals surface area contributed by atoms with E-state index in [-0.39, 0.29) is 29.9 Å². The maximum absolute atomic E-state index is 11.0. The van der Waals surface area contributed by atoms with Crippen LogP contribution in [0, 0.1) is 0 Å². The Hall–Kier alpha value is -1.22. The van der Waals surface area contributed by atoms with Crippen LogP contribution in [-0.4, -0.2) is 46.3 Å². The smallest absolute Gasteiger partial charge is 0.305 e. The Labute approximate surface area is 184 Å². The molecule has 0 saturated carbocycles. The first-order valence-electron chi connectivity index (χ1n) is 8.94. The number of unbranched alkanes of at least 4 members (excludes halogenated alkanes) is 3. The molecule has 27 heavy (non-hydrogen) atoms. The van der Waals surface area contributed by atoms with Crippen LogP contribution >= 0.6 is 35.6 Å². The number of aliphatic imine (C=N–C) groups is 1. The molecule has 0 saturated heterocycles. The van der Waals surface area contributed by atoms with Crippen molar-refractivity contribution in [2.24, 2.45) is 4.99 Å². The number of nitrogens with one attached hydrogen (secondary N) is 2. The fraction of sp³-hybridized carbons (Fsp3) is 0.579. The van der Waals surface area contributed by atoms with Crippen molar-refractivity contribution in [2.75, 3.05) is 34.4 Å². The third kappa shape index (κ3) is 11.3. The summed E-state index contributed by atoms with van der Waals surface area (Å²) in [6, 6.07) is 5.71. The van der Waals surface area contributed by atoms with Crippen molar-refractivity contribution in [1.29, 1.82) is 0 Å². The lowest BCUT2D eigenvalue weighted by Crippen LogP contribution is -2.38. The van der Waals surface area contributed by atoms with Gasteiger partial charge in [0.25, 0.3) is 0 Å². The highest BCUT2D eigenvalue weighted by Crippen LogP contribution is 2.22. The number of guanidine groups is 1. The highest BCUT2D eigenvalue weighted by atomic mass is 127.